The Labute approximate surface area is 189 Å². The topological polar surface area (TPSA) is 18.5 Å². The molecule has 2 heteroatoms. The van der Waals surface area contributed by atoms with E-state index in [1.807, 2.05) is 0 Å². The maximum Gasteiger partial charge on any atom is 0.120 e. The Bertz CT molecular complexity index is 929. The Kier molecular flexibility index (Phi) is 4.68. The van der Waals surface area contributed by atoms with E-state index in [1.54, 1.807) is 0 Å². The van der Waals surface area contributed by atoms with Gasteiger partial charge >= 0.3 is 0 Å². The molecule has 0 fully saturated rings. The molecule has 168 valence electrons. The smallest absolute Gasteiger partial charge is 0.120 e. The lowest BCUT2D eigenvalue weighted by molar-refractivity contribution is 0.130. The normalized spacial score (nSPS) is 20.5. The fraction of sp³-hybridized carbons (Fsp3) is 0.586. The second-order valence-electron chi connectivity index (χ2n) is 13.0. The first kappa shape index (κ1) is 22.2. The van der Waals surface area contributed by atoms with Crippen LogP contribution >= 0.6 is 0 Å². The van der Waals surface area contributed by atoms with Gasteiger partial charge in [-0.15, -0.1) is 0 Å². The number of hydrogen-bond acceptors (Lipinski definition) is 2. The van der Waals surface area contributed by atoms with E-state index in [0.29, 0.717) is 0 Å². The first-order valence-corrected chi connectivity index (χ1v) is 11.7. The van der Waals surface area contributed by atoms with Gasteiger partial charge in [0.05, 0.1) is 0 Å². The minimum atomic E-state index is -0.212. The third-order valence-corrected chi connectivity index (χ3v) is 6.81. The second-order valence-corrected chi connectivity index (χ2v) is 13.0. The molecule has 1 spiro atoms. The molecule has 31 heavy (non-hydrogen) atoms. The van der Waals surface area contributed by atoms with Crippen LogP contribution in [0.2, 0.25) is 0 Å². The Balaban J connectivity index is 1.91. The molecular formula is C29H40O2. The zero-order valence-electron chi connectivity index (χ0n) is 21.2. The van der Waals surface area contributed by atoms with E-state index in [1.165, 1.54) is 22.3 Å². The highest BCUT2D eigenvalue weighted by atomic mass is 16.5. The van der Waals surface area contributed by atoms with Crippen molar-refractivity contribution in [1.29, 1.82) is 0 Å². The maximum atomic E-state index is 6.30. The van der Waals surface area contributed by atoms with Crippen LogP contribution in [-0.4, -0.2) is 11.2 Å². The lowest BCUT2D eigenvalue weighted by Gasteiger charge is -2.31. The van der Waals surface area contributed by atoms with E-state index in [9.17, 15) is 0 Å². The summed E-state index contributed by atoms with van der Waals surface area (Å²) in [5, 5.41) is 0. The Hall–Kier alpha value is -1.96. The zero-order valence-corrected chi connectivity index (χ0v) is 21.2. The molecule has 0 aromatic heterocycles. The predicted octanol–water partition coefficient (Wildman–Crippen LogP) is 7.69. The van der Waals surface area contributed by atoms with Crippen LogP contribution in [0.4, 0.5) is 0 Å². The number of ether oxygens (including phenoxy) is 2. The van der Waals surface area contributed by atoms with Crippen molar-refractivity contribution in [3.8, 4) is 11.5 Å². The molecule has 4 rings (SSSR count). The van der Waals surface area contributed by atoms with Gasteiger partial charge in [-0.1, -0.05) is 39.8 Å². The summed E-state index contributed by atoms with van der Waals surface area (Å²) in [6.07, 6.45) is 2.23. The van der Waals surface area contributed by atoms with Crippen molar-refractivity contribution < 1.29 is 9.47 Å². The lowest BCUT2D eigenvalue weighted by atomic mass is 9.72. The Morgan fingerprint density at radius 3 is 1.26 bits per heavy atom. The van der Waals surface area contributed by atoms with Crippen molar-refractivity contribution in [2.75, 3.05) is 0 Å². The largest absolute Gasteiger partial charge is 0.488 e. The minimum absolute atomic E-state index is 0.00776. The van der Waals surface area contributed by atoms with Gasteiger partial charge in [0.25, 0.3) is 0 Å². The van der Waals surface area contributed by atoms with Gasteiger partial charge in [0.15, 0.2) is 0 Å². The van der Waals surface area contributed by atoms with Gasteiger partial charge in [-0.2, -0.15) is 0 Å². The van der Waals surface area contributed by atoms with Gasteiger partial charge in [-0.25, -0.2) is 0 Å². The van der Waals surface area contributed by atoms with Crippen LogP contribution in [0.15, 0.2) is 36.4 Å². The van der Waals surface area contributed by atoms with Gasteiger partial charge in [0, 0.05) is 5.41 Å². The van der Waals surface area contributed by atoms with Crippen LogP contribution in [0, 0.1) is 0 Å². The molecule has 0 saturated carbocycles. The van der Waals surface area contributed by atoms with Crippen LogP contribution in [0.1, 0.15) is 104 Å². The maximum absolute atomic E-state index is 6.30. The Morgan fingerprint density at radius 2 is 0.935 bits per heavy atom. The van der Waals surface area contributed by atoms with Gasteiger partial charge in [-0.05, 0) is 112 Å². The van der Waals surface area contributed by atoms with Crippen molar-refractivity contribution in [2.45, 2.75) is 110 Å². The number of hydrogen-bond donors (Lipinski definition) is 0. The summed E-state index contributed by atoms with van der Waals surface area (Å²) >= 11 is 0. The molecule has 0 N–H and O–H groups in total. The molecule has 0 unspecified atom stereocenters. The summed E-state index contributed by atoms with van der Waals surface area (Å²) in [5.41, 5.74) is 5.61. The standard InChI is InChI=1S/C29H40O2/c1-25(2,3)30-19-11-13-21-23(15-19)29(17-27(21,7)8)18-28(9,10)22-14-12-20(16-24(22)29)31-26(4,5)6/h11-16H,17-18H2,1-10H3. The van der Waals surface area contributed by atoms with Gasteiger partial charge in [0.1, 0.15) is 22.7 Å². The van der Waals surface area contributed by atoms with E-state index in [-0.39, 0.29) is 27.4 Å². The summed E-state index contributed by atoms with van der Waals surface area (Å²) in [6.45, 7) is 22.3. The van der Waals surface area contributed by atoms with Gasteiger partial charge in [0.2, 0.25) is 0 Å². The zero-order chi connectivity index (χ0) is 23.0. The molecule has 0 radical (unpaired) electrons. The molecule has 2 nitrogen and oxygen atoms in total. The van der Waals surface area contributed by atoms with E-state index in [2.05, 4.69) is 106 Å². The van der Waals surface area contributed by atoms with Gasteiger partial charge < -0.3 is 9.47 Å². The first-order chi connectivity index (χ1) is 14.0. The second kappa shape index (κ2) is 6.53. The third kappa shape index (κ3) is 3.88. The average molecular weight is 421 g/mol. The summed E-state index contributed by atoms with van der Waals surface area (Å²) in [6, 6.07) is 13.6. The highest BCUT2D eigenvalue weighted by Gasteiger charge is 2.56. The van der Waals surface area contributed by atoms with E-state index >= 15 is 0 Å². The fourth-order valence-corrected chi connectivity index (χ4v) is 6.14. The molecule has 0 atom stereocenters. The number of rotatable bonds is 2. The van der Waals surface area contributed by atoms with E-state index in [4.69, 9.17) is 9.47 Å². The van der Waals surface area contributed by atoms with E-state index < -0.39 is 0 Å². The average Bonchev–Trinajstić information content (AvgIpc) is 2.91. The van der Waals surface area contributed by atoms with E-state index in [0.717, 1.165) is 24.3 Å². The molecule has 0 saturated heterocycles. The molecule has 2 aromatic rings. The minimum Gasteiger partial charge on any atom is -0.488 e. The number of fused-ring (bicyclic) bond motifs is 4. The van der Waals surface area contributed by atoms with Crippen LogP contribution in [0.25, 0.3) is 0 Å². The van der Waals surface area contributed by atoms with Crippen LogP contribution < -0.4 is 9.47 Å². The van der Waals surface area contributed by atoms with Crippen molar-refractivity contribution >= 4 is 0 Å². The summed E-state index contributed by atoms with van der Waals surface area (Å²) in [5.74, 6) is 1.94. The SMILES string of the molecule is CC(C)(C)Oc1ccc2c(c1)C1(CC2(C)C)CC(C)(C)c2ccc(OC(C)(C)C)cc21. The quantitative estimate of drug-likeness (QED) is 0.496. The molecule has 0 aliphatic heterocycles. The van der Waals surface area contributed by atoms with Crippen LogP contribution in [0.5, 0.6) is 11.5 Å². The van der Waals surface area contributed by atoms with Crippen LogP contribution in [-0.2, 0) is 16.2 Å². The molecule has 2 aliphatic rings. The molecular weight excluding hydrogens is 380 g/mol. The van der Waals surface area contributed by atoms with Crippen LogP contribution in [0.3, 0.4) is 0 Å². The summed E-state index contributed by atoms with van der Waals surface area (Å²) in [4.78, 5) is 0. The highest BCUT2D eigenvalue weighted by molar-refractivity contribution is 5.61. The summed E-state index contributed by atoms with van der Waals surface area (Å²) < 4.78 is 12.6. The predicted molar refractivity (Wildman–Crippen MR) is 130 cm³/mol. The molecule has 0 heterocycles. The first-order valence-electron chi connectivity index (χ1n) is 11.7. The highest BCUT2D eigenvalue weighted by Crippen LogP contribution is 2.63. The summed E-state index contributed by atoms with van der Waals surface area (Å²) in [7, 11) is 0. The Morgan fingerprint density at radius 1 is 0.581 bits per heavy atom. The van der Waals surface area contributed by atoms with Crippen molar-refractivity contribution in [2.24, 2.45) is 0 Å². The monoisotopic (exact) mass is 420 g/mol. The lowest BCUT2D eigenvalue weighted by Crippen LogP contribution is -2.27. The fourth-order valence-electron chi connectivity index (χ4n) is 6.14. The van der Waals surface area contributed by atoms with Crippen molar-refractivity contribution in [3.63, 3.8) is 0 Å². The van der Waals surface area contributed by atoms with Crippen molar-refractivity contribution in [3.05, 3.63) is 58.7 Å². The molecule has 2 aliphatic carbocycles. The third-order valence-electron chi connectivity index (χ3n) is 6.81. The number of benzene rings is 2. The van der Waals surface area contributed by atoms with Crippen molar-refractivity contribution in [1.82, 2.24) is 0 Å². The molecule has 0 bridgehead atoms. The molecule has 0 amide bonds. The molecule has 2 aromatic carbocycles. The van der Waals surface area contributed by atoms with Gasteiger partial charge in [-0.3, -0.25) is 0 Å².